The molecule has 1 atom stereocenters. The molecule has 0 spiro atoms. The number of aryl methyl sites for hydroxylation is 1. The van der Waals surface area contributed by atoms with Crippen LogP contribution in [0.1, 0.15) is 22.3 Å². The second-order valence-electron chi connectivity index (χ2n) is 4.45. The van der Waals surface area contributed by atoms with Crippen LogP contribution < -0.4 is 0 Å². The number of carbonyl (C=O) groups is 1. The maximum Gasteiger partial charge on any atom is 0.338 e. The molecule has 1 aromatic carbocycles. The normalized spacial score (nSPS) is 21.8. The molecule has 0 unspecified atom stereocenters. The summed E-state index contributed by atoms with van der Waals surface area (Å²) in [5.74, 6) is -0.527. The highest BCUT2D eigenvalue weighted by Crippen LogP contribution is 2.19. The van der Waals surface area contributed by atoms with Crippen LogP contribution >= 0.6 is 11.6 Å². The molecule has 6 heteroatoms. The number of ether oxygens (including phenoxy) is 1. The van der Waals surface area contributed by atoms with Gasteiger partial charge in [0.25, 0.3) is 0 Å². The molecule has 18 heavy (non-hydrogen) atoms. The average molecular weight is 289 g/mol. The highest BCUT2D eigenvalue weighted by molar-refractivity contribution is 7.91. The molecule has 98 valence electrons. The molecule has 1 heterocycles. The van der Waals surface area contributed by atoms with Gasteiger partial charge in [0, 0.05) is 5.02 Å². The van der Waals surface area contributed by atoms with E-state index in [0.29, 0.717) is 17.0 Å². The van der Waals surface area contributed by atoms with Crippen LogP contribution in [-0.4, -0.2) is 32.0 Å². The molecular formula is C12H13ClO4S. The summed E-state index contributed by atoms with van der Waals surface area (Å²) < 4.78 is 27.7. The molecule has 4 nitrogen and oxygen atoms in total. The topological polar surface area (TPSA) is 60.4 Å². The van der Waals surface area contributed by atoms with E-state index in [1.165, 1.54) is 6.07 Å². The summed E-state index contributed by atoms with van der Waals surface area (Å²) in [5, 5.41) is 0.459. The van der Waals surface area contributed by atoms with Crippen LogP contribution in [0.25, 0.3) is 0 Å². The minimum Gasteiger partial charge on any atom is -0.458 e. The quantitative estimate of drug-likeness (QED) is 0.781. The predicted molar refractivity (Wildman–Crippen MR) is 68.7 cm³/mol. The zero-order valence-electron chi connectivity index (χ0n) is 9.85. The van der Waals surface area contributed by atoms with Gasteiger partial charge in [-0.15, -0.1) is 0 Å². The summed E-state index contributed by atoms with van der Waals surface area (Å²) in [6, 6.07) is 4.91. The van der Waals surface area contributed by atoms with Gasteiger partial charge in [-0.25, -0.2) is 13.2 Å². The zero-order chi connectivity index (χ0) is 13.3. The van der Waals surface area contributed by atoms with Gasteiger partial charge in [-0.2, -0.15) is 0 Å². The van der Waals surface area contributed by atoms with Crippen molar-refractivity contribution < 1.29 is 17.9 Å². The van der Waals surface area contributed by atoms with Crippen molar-refractivity contribution >= 4 is 27.4 Å². The summed E-state index contributed by atoms with van der Waals surface area (Å²) in [6.45, 7) is 1.82. The van der Waals surface area contributed by atoms with Crippen LogP contribution in [0.2, 0.25) is 5.02 Å². The van der Waals surface area contributed by atoms with E-state index in [9.17, 15) is 13.2 Å². The van der Waals surface area contributed by atoms with E-state index in [0.717, 1.165) is 5.56 Å². The first-order chi connectivity index (χ1) is 8.35. The fraction of sp³-hybridized carbons (Fsp3) is 0.417. The molecule has 0 aromatic heterocycles. The van der Waals surface area contributed by atoms with Gasteiger partial charge in [-0.05, 0) is 37.1 Å². The van der Waals surface area contributed by atoms with Crippen molar-refractivity contribution in [2.45, 2.75) is 19.4 Å². The first-order valence-electron chi connectivity index (χ1n) is 5.54. The summed E-state index contributed by atoms with van der Waals surface area (Å²) in [5.41, 5.74) is 1.21. The van der Waals surface area contributed by atoms with E-state index >= 15 is 0 Å². The summed E-state index contributed by atoms with van der Waals surface area (Å²) in [4.78, 5) is 11.8. The molecule has 1 saturated heterocycles. The lowest BCUT2D eigenvalue weighted by Crippen LogP contribution is -2.19. The van der Waals surface area contributed by atoms with Crippen molar-refractivity contribution in [3.8, 4) is 0 Å². The van der Waals surface area contributed by atoms with Gasteiger partial charge in [-0.3, -0.25) is 0 Å². The van der Waals surface area contributed by atoms with Gasteiger partial charge in [0.2, 0.25) is 0 Å². The van der Waals surface area contributed by atoms with Gasteiger partial charge in [0.05, 0.1) is 17.1 Å². The van der Waals surface area contributed by atoms with E-state index < -0.39 is 21.9 Å². The predicted octanol–water partition coefficient (Wildman–Crippen LogP) is 1.99. The van der Waals surface area contributed by atoms with Crippen molar-refractivity contribution in [2.24, 2.45) is 0 Å². The van der Waals surface area contributed by atoms with E-state index in [1.54, 1.807) is 12.1 Å². The lowest BCUT2D eigenvalue weighted by molar-refractivity contribution is 0.0356. The number of benzene rings is 1. The highest BCUT2D eigenvalue weighted by atomic mass is 35.5. The van der Waals surface area contributed by atoms with E-state index in [4.69, 9.17) is 16.3 Å². The number of rotatable bonds is 2. The van der Waals surface area contributed by atoms with Gasteiger partial charge in [0.1, 0.15) is 6.10 Å². The summed E-state index contributed by atoms with van der Waals surface area (Å²) in [7, 11) is -3.04. The Hall–Kier alpha value is -1.07. The number of carbonyl (C=O) groups excluding carboxylic acids is 1. The van der Waals surface area contributed by atoms with Gasteiger partial charge >= 0.3 is 5.97 Å². The Morgan fingerprint density at radius 1 is 1.39 bits per heavy atom. The van der Waals surface area contributed by atoms with E-state index in [-0.39, 0.29) is 11.5 Å². The molecule has 0 saturated carbocycles. The minimum atomic E-state index is -3.04. The lowest BCUT2D eigenvalue weighted by atomic mass is 10.1. The van der Waals surface area contributed by atoms with Crippen molar-refractivity contribution in [1.82, 2.24) is 0 Å². The van der Waals surface area contributed by atoms with Crippen molar-refractivity contribution in [1.29, 1.82) is 0 Å². The number of esters is 1. The standard InChI is InChI=1S/C12H13ClO4S/c1-8-4-9(6-10(13)5-8)12(14)17-11-2-3-18(15,16)7-11/h4-6,11H,2-3,7H2,1H3/t11-/m1/s1. The Morgan fingerprint density at radius 2 is 2.11 bits per heavy atom. The zero-order valence-corrected chi connectivity index (χ0v) is 11.4. The molecule has 0 N–H and O–H groups in total. The molecule has 1 aliphatic rings. The smallest absolute Gasteiger partial charge is 0.338 e. The first-order valence-corrected chi connectivity index (χ1v) is 7.74. The molecule has 0 amide bonds. The molecule has 1 aromatic rings. The van der Waals surface area contributed by atoms with Crippen LogP contribution in [0.3, 0.4) is 0 Å². The second-order valence-corrected chi connectivity index (χ2v) is 7.11. The molecule has 0 bridgehead atoms. The third-order valence-electron chi connectivity index (χ3n) is 2.74. The number of hydrogen-bond acceptors (Lipinski definition) is 4. The fourth-order valence-electron chi connectivity index (χ4n) is 1.93. The monoisotopic (exact) mass is 288 g/mol. The largest absolute Gasteiger partial charge is 0.458 e. The van der Waals surface area contributed by atoms with Crippen LogP contribution in [-0.2, 0) is 14.6 Å². The summed E-state index contributed by atoms with van der Waals surface area (Å²) in [6.07, 6.45) is -0.171. The maximum absolute atomic E-state index is 11.8. The molecule has 0 radical (unpaired) electrons. The Labute approximate surface area is 111 Å². The van der Waals surface area contributed by atoms with Crippen molar-refractivity contribution in [2.75, 3.05) is 11.5 Å². The van der Waals surface area contributed by atoms with Gasteiger partial charge in [0.15, 0.2) is 9.84 Å². The van der Waals surface area contributed by atoms with Crippen molar-refractivity contribution in [3.05, 3.63) is 34.3 Å². The van der Waals surface area contributed by atoms with Crippen LogP contribution in [0.5, 0.6) is 0 Å². The Morgan fingerprint density at radius 3 is 2.67 bits per heavy atom. The molecular weight excluding hydrogens is 276 g/mol. The molecule has 1 aliphatic heterocycles. The van der Waals surface area contributed by atoms with Crippen LogP contribution in [0.4, 0.5) is 0 Å². The summed E-state index contributed by atoms with van der Waals surface area (Å²) >= 11 is 5.85. The number of hydrogen-bond donors (Lipinski definition) is 0. The minimum absolute atomic E-state index is 0.0829. The number of halogens is 1. The third kappa shape index (κ3) is 3.23. The van der Waals surface area contributed by atoms with Crippen LogP contribution in [0, 0.1) is 6.92 Å². The Kier molecular flexibility index (Phi) is 3.64. The SMILES string of the molecule is Cc1cc(Cl)cc(C(=O)O[C@@H]2CCS(=O)(=O)C2)c1. The highest BCUT2D eigenvalue weighted by Gasteiger charge is 2.30. The Balaban J connectivity index is 2.08. The molecule has 1 fully saturated rings. The van der Waals surface area contributed by atoms with Crippen molar-refractivity contribution in [3.63, 3.8) is 0 Å². The second kappa shape index (κ2) is 4.90. The first kappa shape index (κ1) is 13.4. The average Bonchev–Trinajstić information content (AvgIpc) is 2.56. The van der Waals surface area contributed by atoms with Gasteiger partial charge < -0.3 is 4.74 Å². The maximum atomic E-state index is 11.8. The van der Waals surface area contributed by atoms with Crippen LogP contribution in [0.15, 0.2) is 18.2 Å². The molecule has 0 aliphatic carbocycles. The van der Waals surface area contributed by atoms with E-state index in [1.807, 2.05) is 6.92 Å². The third-order valence-corrected chi connectivity index (χ3v) is 4.70. The number of sulfone groups is 1. The lowest BCUT2D eigenvalue weighted by Gasteiger charge is -2.10. The molecule has 2 rings (SSSR count). The fourth-order valence-corrected chi connectivity index (χ4v) is 3.81. The van der Waals surface area contributed by atoms with Gasteiger partial charge in [-0.1, -0.05) is 11.6 Å². The van der Waals surface area contributed by atoms with E-state index in [2.05, 4.69) is 0 Å². The Bertz CT molecular complexity index is 559.